The molecule has 3 aliphatic heterocycles. The highest BCUT2D eigenvalue weighted by atomic mass is 16.2. The molecule has 0 spiro atoms. The van der Waals surface area contributed by atoms with Gasteiger partial charge in [0, 0.05) is 38.4 Å². The Morgan fingerprint density at radius 3 is 2.00 bits per heavy atom. The van der Waals surface area contributed by atoms with Crippen LogP contribution in [0, 0.1) is 0 Å². The normalized spacial score (nSPS) is 20.9. The van der Waals surface area contributed by atoms with Crippen LogP contribution in [-0.2, 0) is 10.2 Å². The van der Waals surface area contributed by atoms with E-state index in [0.29, 0.717) is 5.91 Å². The lowest BCUT2D eigenvalue weighted by Gasteiger charge is -2.34. The number of rotatable bonds is 11. The highest BCUT2D eigenvalue weighted by Crippen LogP contribution is 2.50. The fourth-order valence-corrected chi connectivity index (χ4v) is 5.99. The molecule has 0 fully saturated rings. The maximum Gasteiger partial charge on any atom is 0.238 e. The lowest BCUT2D eigenvalue weighted by molar-refractivity contribution is -0.123. The Balaban J connectivity index is 1.60. The van der Waals surface area contributed by atoms with E-state index in [-0.39, 0.29) is 0 Å². The Morgan fingerprint density at radius 2 is 1.41 bits per heavy atom. The van der Waals surface area contributed by atoms with E-state index in [9.17, 15) is 4.79 Å². The number of likely N-dealkylation sites (N-methyl/N-ethyl adjacent to an activating group) is 2. The van der Waals surface area contributed by atoms with E-state index in [2.05, 4.69) is 72.1 Å². The van der Waals surface area contributed by atoms with E-state index in [1.807, 2.05) is 0 Å². The molecule has 4 heteroatoms. The van der Waals surface area contributed by atoms with Crippen LogP contribution < -0.4 is 4.90 Å². The first kappa shape index (κ1) is 25.2. The van der Waals surface area contributed by atoms with Gasteiger partial charge in [-0.15, -0.1) is 0 Å². The Morgan fingerprint density at radius 1 is 0.824 bits per heavy atom. The number of hydrogen-bond acceptors (Lipinski definition) is 3. The van der Waals surface area contributed by atoms with Gasteiger partial charge in [0.25, 0.3) is 0 Å². The second-order valence-corrected chi connectivity index (χ2v) is 10.9. The third kappa shape index (κ3) is 5.66. The summed E-state index contributed by atoms with van der Waals surface area (Å²) in [6.45, 7) is 7.29. The van der Waals surface area contributed by atoms with Gasteiger partial charge in [-0.25, -0.2) is 0 Å². The molecule has 0 saturated carbocycles. The number of hydrogen-bond donors (Lipinski definition) is 0. The second kappa shape index (κ2) is 11.7. The van der Waals surface area contributed by atoms with Crippen molar-refractivity contribution in [3.8, 4) is 0 Å². The zero-order valence-electron chi connectivity index (χ0n) is 21.8. The average Bonchev–Trinajstić information content (AvgIpc) is 3.07. The van der Waals surface area contributed by atoms with Gasteiger partial charge in [-0.2, -0.15) is 0 Å². The Hall–Kier alpha value is -1.91. The number of nitrogens with zero attached hydrogens (tertiary/aromatic N) is 3. The van der Waals surface area contributed by atoms with Crippen molar-refractivity contribution in [1.82, 2.24) is 9.80 Å². The van der Waals surface area contributed by atoms with Gasteiger partial charge in [-0.3, -0.25) is 4.79 Å². The number of anilines is 1. The van der Waals surface area contributed by atoms with Crippen molar-refractivity contribution in [3.05, 3.63) is 53.1 Å². The maximum atomic E-state index is 14.4. The molecule has 1 amide bonds. The van der Waals surface area contributed by atoms with Gasteiger partial charge in [0.05, 0.1) is 5.41 Å². The predicted molar refractivity (Wildman–Crippen MR) is 143 cm³/mol. The van der Waals surface area contributed by atoms with E-state index >= 15 is 0 Å². The molecule has 1 aromatic carbocycles. The fourth-order valence-electron chi connectivity index (χ4n) is 5.99. The van der Waals surface area contributed by atoms with Gasteiger partial charge in [0.1, 0.15) is 0 Å². The number of benzene rings is 1. The van der Waals surface area contributed by atoms with Gasteiger partial charge in [-0.1, -0.05) is 80.5 Å². The van der Waals surface area contributed by atoms with Crippen LogP contribution >= 0.6 is 0 Å². The molecule has 1 aromatic rings. The molecule has 0 bridgehead atoms. The molecule has 0 aromatic heterocycles. The Bertz CT molecular complexity index is 870. The molecule has 186 valence electrons. The van der Waals surface area contributed by atoms with Crippen molar-refractivity contribution in [2.24, 2.45) is 0 Å². The number of amides is 1. The summed E-state index contributed by atoms with van der Waals surface area (Å²) >= 11 is 0. The van der Waals surface area contributed by atoms with Crippen molar-refractivity contribution in [3.63, 3.8) is 0 Å². The first-order valence-electron chi connectivity index (χ1n) is 13.7. The van der Waals surface area contributed by atoms with Crippen molar-refractivity contribution in [2.45, 2.75) is 76.5 Å². The molecule has 3 aliphatic rings. The zero-order chi connectivity index (χ0) is 24.0. The number of carbonyl (C=O) groups excluding carboxylic acids is 1. The number of carbonyl (C=O) groups is 1. The third-order valence-corrected chi connectivity index (χ3v) is 8.17. The molecule has 0 aliphatic carbocycles. The summed E-state index contributed by atoms with van der Waals surface area (Å²) in [6, 6.07) is 8.69. The summed E-state index contributed by atoms with van der Waals surface area (Å²) < 4.78 is 0. The molecule has 0 N–H and O–H groups in total. The molecule has 0 atom stereocenters. The number of para-hydroxylation sites is 1. The molecule has 34 heavy (non-hydrogen) atoms. The highest BCUT2D eigenvalue weighted by Gasteiger charge is 2.51. The Kier molecular flexibility index (Phi) is 8.65. The predicted octanol–water partition coefficient (Wildman–Crippen LogP) is 5.94. The minimum absolute atomic E-state index is 0.349. The van der Waals surface area contributed by atoms with Crippen LogP contribution in [0.25, 0.3) is 0 Å². The van der Waals surface area contributed by atoms with Gasteiger partial charge >= 0.3 is 0 Å². The minimum Gasteiger partial charge on any atom is -0.311 e. The smallest absolute Gasteiger partial charge is 0.238 e. The van der Waals surface area contributed by atoms with Gasteiger partial charge in [0.15, 0.2) is 0 Å². The van der Waals surface area contributed by atoms with Crippen molar-refractivity contribution < 1.29 is 4.79 Å². The molecule has 3 heterocycles. The Labute approximate surface area is 207 Å². The molecule has 0 saturated heterocycles. The molecule has 4 nitrogen and oxygen atoms in total. The van der Waals surface area contributed by atoms with E-state index < -0.39 is 5.41 Å². The van der Waals surface area contributed by atoms with Crippen LogP contribution in [0.1, 0.15) is 76.7 Å². The van der Waals surface area contributed by atoms with Crippen molar-refractivity contribution in [2.75, 3.05) is 51.7 Å². The summed E-state index contributed by atoms with van der Waals surface area (Å²) in [5, 5.41) is 0. The molecule has 0 radical (unpaired) electrons. The van der Waals surface area contributed by atoms with Crippen molar-refractivity contribution >= 4 is 11.6 Å². The average molecular weight is 464 g/mol. The quantitative estimate of drug-likeness (QED) is 0.300. The molecular formula is C30H45N3O. The van der Waals surface area contributed by atoms with E-state index in [1.165, 1.54) is 54.5 Å². The molecule has 4 rings (SSSR count). The topological polar surface area (TPSA) is 26.8 Å². The third-order valence-electron chi connectivity index (χ3n) is 8.17. The minimum atomic E-state index is -0.442. The maximum absolute atomic E-state index is 14.4. The monoisotopic (exact) mass is 463 g/mol. The van der Waals surface area contributed by atoms with Crippen LogP contribution in [0.2, 0.25) is 0 Å². The van der Waals surface area contributed by atoms with E-state index in [4.69, 9.17) is 0 Å². The van der Waals surface area contributed by atoms with Crippen LogP contribution in [-0.4, -0.2) is 62.5 Å². The van der Waals surface area contributed by atoms with Crippen LogP contribution in [0.15, 0.2) is 47.6 Å². The SMILES string of the molecule is CCCCCCCCN1C(=O)C(CC2=CCN(C)CC2)(CC2=CCN(C)CC2)c2ccccc21. The van der Waals surface area contributed by atoms with Gasteiger partial charge in [0.2, 0.25) is 5.91 Å². The summed E-state index contributed by atoms with van der Waals surface area (Å²) in [5.41, 5.74) is 4.93. The molecule has 0 unspecified atom stereocenters. The lowest BCUT2D eigenvalue weighted by atomic mass is 9.70. The van der Waals surface area contributed by atoms with Crippen LogP contribution in [0.5, 0.6) is 0 Å². The summed E-state index contributed by atoms with van der Waals surface area (Å²) in [5.74, 6) is 0.349. The zero-order valence-corrected chi connectivity index (χ0v) is 21.8. The molecular weight excluding hydrogens is 418 g/mol. The highest BCUT2D eigenvalue weighted by molar-refractivity contribution is 6.08. The first-order valence-corrected chi connectivity index (χ1v) is 13.7. The standard InChI is InChI=1S/C30H45N3O/c1-4-5-6-7-8-11-18-33-28-13-10-9-12-27(28)30(29(33)34,23-25-14-19-31(2)20-15-25)24-26-16-21-32(3)22-17-26/h9-10,12-14,16H,4-8,11,15,17-24H2,1-3H3. The number of unbranched alkanes of at least 4 members (excludes halogenated alkanes) is 5. The fraction of sp³-hybridized carbons (Fsp3) is 0.633. The van der Waals surface area contributed by atoms with Gasteiger partial charge in [-0.05, 0) is 57.8 Å². The largest absolute Gasteiger partial charge is 0.311 e. The summed E-state index contributed by atoms with van der Waals surface area (Å²) in [4.78, 5) is 21.3. The second-order valence-electron chi connectivity index (χ2n) is 10.9. The van der Waals surface area contributed by atoms with Crippen LogP contribution in [0.3, 0.4) is 0 Å². The number of fused-ring (bicyclic) bond motifs is 1. The first-order chi connectivity index (χ1) is 16.5. The van der Waals surface area contributed by atoms with Crippen molar-refractivity contribution in [1.29, 1.82) is 0 Å². The summed E-state index contributed by atoms with van der Waals surface area (Å²) in [7, 11) is 4.37. The summed E-state index contributed by atoms with van der Waals surface area (Å²) in [6.07, 6.45) is 16.2. The van der Waals surface area contributed by atoms with E-state index in [1.54, 1.807) is 0 Å². The lowest BCUT2D eigenvalue weighted by Crippen LogP contribution is -2.42. The van der Waals surface area contributed by atoms with E-state index in [0.717, 1.165) is 64.8 Å². The van der Waals surface area contributed by atoms with Gasteiger partial charge < -0.3 is 14.7 Å². The van der Waals surface area contributed by atoms with Crippen LogP contribution in [0.4, 0.5) is 5.69 Å².